The molecule has 0 saturated heterocycles. The van der Waals surface area contributed by atoms with Crippen LogP contribution in [-0.2, 0) is 9.53 Å². The van der Waals surface area contributed by atoms with Gasteiger partial charge in [-0.05, 0) is 6.42 Å². The largest absolute Gasteiger partial charge is 0.480 e. The summed E-state index contributed by atoms with van der Waals surface area (Å²) in [6, 6.07) is 0. The fourth-order valence-corrected chi connectivity index (χ4v) is 2.13. The highest BCUT2D eigenvalue weighted by molar-refractivity contribution is 5.76. The van der Waals surface area contributed by atoms with E-state index >= 15 is 0 Å². The zero-order valence-corrected chi connectivity index (χ0v) is 13.6. The van der Waals surface area contributed by atoms with Crippen molar-refractivity contribution in [3.63, 3.8) is 0 Å². The molecule has 0 rings (SSSR count). The normalized spacial score (nSPS) is 10.4. The lowest BCUT2D eigenvalue weighted by molar-refractivity contribution is -0.137. The third kappa shape index (κ3) is 13.5. The molecule has 0 aromatic heterocycles. The second-order valence-electron chi connectivity index (χ2n) is 5.55. The molecule has 0 saturated carbocycles. The van der Waals surface area contributed by atoms with Crippen LogP contribution in [0.4, 0.5) is 4.79 Å². The molecule has 0 aromatic rings. The summed E-state index contributed by atoms with van der Waals surface area (Å²) in [7, 11) is 1.43. The van der Waals surface area contributed by atoms with E-state index in [-0.39, 0.29) is 6.54 Å². The number of carbonyl (C=O) groups is 2. The number of aliphatic carboxylic acids is 1. The average Bonchev–Trinajstić information content (AvgIpc) is 2.43. The van der Waals surface area contributed by atoms with Gasteiger partial charge in [-0.3, -0.25) is 4.79 Å². The van der Waals surface area contributed by atoms with Crippen LogP contribution in [0.15, 0.2) is 0 Å². The van der Waals surface area contributed by atoms with Crippen molar-refractivity contribution < 1.29 is 19.4 Å². The predicted octanol–water partition coefficient (Wildman–Crippen LogP) is 4.06. The van der Waals surface area contributed by atoms with E-state index < -0.39 is 12.1 Å². The van der Waals surface area contributed by atoms with Gasteiger partial charge in [-0.15, -0.1) is 0 Å². The Balaban J connectivity index is 3.28. The summed E-state index contributed by atoms with van der Waals surface area (Å²) in [4.78, 5) is 22.9. The minimum Gasteiger partial charge on any atom is -0.480 e. The van der Waals surface area contributed by atoms with Crippen LogP contribution in [0, 0.1) is 0 Å². The third-order valence-corrected chi connectivity index (χ3v) is 3.41. The predicted molar refractivity (Wildman–Crippen MR) is 83.5 cm³/mol. The van der Waals surface area contributed by atoms with Crippen molar-refractivity contribution in [3.8, 4) is 0 Å². The topological polar surface area (TPSA) is 66.8 Å². The maximum Gasteiger partial charge on any atom is 0.410 e. The highest BCUT2D eigenvalue weighted by atomic mass is 16.6. The monoisotopic (exact) mass is 301 g/mol. The quantitative estimate of drug-likeness (QED) is 0.521. The fourth-order valence-electron chi connectivity index (χ4n) is 2.13. The lowest BCUT2D eigenvalue weighted by Gasteiger charge is -2.14. The molecule has 0 fully saturated rings. The van der Waals surface area contributed by atoms with Gasteiger partial charge in [0, 0.05) is 7.05 Å². The van der Waals surface area contributed by atoms with Crippen molar-refractivity contribution in [2.75, 3.05) is 20.2 Å². The lowest BCUT2D eigenvalue weighted by Crippen LogP contribution is -2.32. The molecular weight excluding hydrogens is 270 g/mol. The number of hydrogen-bond acceptors (Lipinski definition) is 3. The Morgan fingerprint density at radius 1 is 0.905 bits per heavy atom. The van der Waals surface area contributed by atoms with E-state index in [9.17, 15) is 9.59 Å². The van der Waals surface area contributed by atoms with Gasteiger partial charge in [0.05, 0.1) is 6.61 Å². The van der Waals surface area contributed by atoms with Crippen LogP contribution in [0.3, 0.4) is 0 Å². The molecule has 0 radical (unpaired) electrons. The zero-order chi connectivity index (χ0) is 15.9. The molecule has 0 heterocycles. The first kappa shape index (κ1) is 19.7. The van der Waals surface area contributed by atoms with Crippen molar-refractivity contribution in [1.82, 2.24) is 4.90 Å². The zero-order valence-electron chi connectivity index (χ0n) is 13.6. The van der Waals surface area contributed by atoms with Crippen molar-refractivity contribution in [1.29, 1.82) is 0 Å². The molecule has 21 heavy (non-hydrogen) atoms. The van der Waals surface area contributed by atoms with E-state index in [1.807, 2.05) is 0 Å². The number of amides is 1. The second kappa shape index (κ2) is 13.7. The summed E-state index contributed by atoms with van der Waals surface area (Å²) < 4.78 is 5.00. The number of unbranched alkanes of at least 4 members (excludes halogenated alkanes) is 9. The van der Waals surface area contributed by atoms with Gasteiger partial charge >= 0.3 is 12.1 Å². The van der Waals surface area contributed by atoms with Crippen LogP contribution in [0.2, 0.25) is 0 Å². The summed E-state index contributed by atoms with van der Waals surface area (Å²) >= 11 is 0. The minimum atomic E-state index is -1.03. The minimum absolute atomic E-state index is 0.323. The Kier molecular flexibility index (Phi) is 12.9. The van der Waals surface area contributed by atoms with Crippen molar-refractivity contribution in [2.45, 2.75) is 71.1 Å². The van der Waals surface area contributed by atoms with Crippen LogP contribution in [0.5, 0.6) is 0 Å². The molecule has 0 aliphatic heterocycles. The van der Waals surface area contributed by atoms with E-state index in [1.54, 1.807) is 0 Å². The van der Waals surface area contributed by atoms with Gasteiger partial charge in [0.2, 0.25) is 0 Å². The average molecular weight is 301 g/mol. The SMILES string of the molecule is CCCCCCCCCCCCOC(=O)N(C)CC(=O)O. The number of nitrogens with zero attached hydrogens (tertiary/aromatic N) is 1. The fraction of sp³-hybridized carbons (Fsp3) is 0.875. The molecule has 0 atom stereocenters. The van der Waals surface area contributed by atoms with E-state index in [2.05, 4.69) is 6.92 Å². The Hall–Kier alpha value is -1.26. The van der Waals surface area contributed by atoms with Gasteiger partial charge in [-0.1, -0.05) is 64.7 Å². The van der Waals surface area contributed by atoms with Gasteiger partial charge in [0.25, 0.3) is 0 Å². The van der Waals surface area contributed by atoms with Crippen LogP contribution in [-0.4, -0.2) is 42.3 Å². The van der Waals surface area contributed by atoms with E-state index in [0.717, 1.165) is 17.7 Å². The van der Waals surface area contributed by atoms with Gasteiger partial charge in [0.1, 0.15) is 6.54 Å². The van der Waals surface area contributed by atoms with Crippen LogP contribution in [0.25, 0.3) is 0 Å². The molecule has 5 heteroatoms. The molecule has 0 unspecified atom stereocenters. The first-order valence-electron chi connectivity index (χ1n) is 8.17. The van der Waals surface area contributed by atoms with Gasteiger partial charge in [-0.25, -0.2) is 4.79 Å². The molecule has 0 aromatic carbocycles. The standard InChI is InChI=1S/C16H31NO4/c1-3-4-5-6-7-8-9-10-11-12-13-21-16(20)17(2)14-15(18)19/h3-14H2,1-2H3,(H,18,19). The Morgan fingerprint density at radius 3 is 1.86 bits per heavy atom. The smallest absolute Gasteiger partial charge is 0.410 e. The Bertz CT molecular complexity index is 281. The first-order valence-corrected chi connectivity index (χ1v) is 8.17. The van der Waals surface area contributed by atoms with Crippen molar-refractivity contribution in [2.24, 2.45) is 0 Å². The molecule has 124 valence electrons. The van der Waals surface area contributed by atoms with Crippen LogP contribution >= 0.6 is 0 Å². The third-order valence-electron chi connectivity index (χ3n) is 3.41. The highest BCUT2D eigenvalue weighted by Crippen LogP contribution is 2.10. The summed E-state index contributed by atoms with van der Waals surface area (Å²) in [6.45, 7) is 2.28. The van der Waals surface area contributed by atoms with Gasteiger partial charge < -0.3 is 14.7 Å². The van der Waals surface area contributed by atoms with E-state index in [4.69, 9.17) is 9.84 Å². The van der Waals surface area contributed by atoms with E-state index in [0.29, 0.717) is 6.61 Å². The summed E-state index contributed by atoms with van der Waals surface area (Å²) in [6.07, 6.45) is 11.7. The molecular formula is C16H31NO4. The molecule has 5 nitrogen and oxygen atoms in total. The van der Waals surface area contributed by atoms with Gasteiger partial charge in [0.15, 0.2) is 0 Å². The van der Waals surface area contributed by atoms with Crippen molar-refractivity contribution in [3.05, 3.63) is 0 Å². The summed E-state index contributed by atoms with van der Waals surface area (Å²) in [5.41, 5.74) is 0. The van der Waals surface area contributed by atoms with Crippen LogP contribution < -0.4 is 0 Å². The summed E-state index contributed by atoms with van der Waals surface area (Å²) in [5, 5.41) is 8.54. The number of carbonyl (C=O) groups excluding carboxylic acids is 1. The number of ether oxygens (including phenoxy) is 1. The number of rotatable bonds is 13. The summed E-state index contributed by atoms with van der Waals surface area (Å²) in [5.74, 6) is -1.03. The maximum absolute atomic E-state index is 11.4. The molecule has 1 amide bonds. The molecule has 0 aliphatic rings. The van der Waals surface area contributed by atoms with Crippen LogP contribution in [0.1, 0.15) is 71.1 Å². The molecule has 0 spiro atoms. The lowest BCUT2D eigenvalue weighted by atomic mass is 10.1. The number of hydrogen-bond donors (Lipinski definition) is 1. The maximum atomic E-state index is 11.4. The van der Waals surface area contributed by atoms with Gasteiger partial charge in [-0.2, -0.15) is 0 Å². The molecule has 1 N–H and O–H groups in total. The Labute approximate surface area is 128 Å². The molecule has 0 aliphatic carbocycles. The molecule has 0 bridgehead atoms. The van der Waals surface area contributed by atoms with E-state index in [1.165, 1.54) is 58.4 Å². The Morgan fingerprint density at radius 2 is 1.38 bits per heavy atom. The number of carboxylic acid groups (broad SMARTS) is 1. The number of carboxylic acids is 1. The first-order chi connectivity index (χ1) is 10.1. The second-order valence-corrected chi connectivity index (χ2v) is 5.55. The highest BCUT2D eigenvalue weighted by Gasteiger charge is 2.12. The number of likely N-dealkylation sites (N-methyl/N-ethyl adjacent to an activating group) is 1. The van der Waals surface area contributed by atoms with Crippen molar-refractivity contribution >= 4 is 12.1 Å².